The number of unbranched alkanes of at least 4 members (excludes halogenated alkanes) is 52. The first-order chi connectivity index (χ1) is 39.0. The summed E-state index contributed by atoms with van der Waals surface area (Å²) in [5.41, 5.74) is 0. The second-order valence-electron chi connectivity index (χ2n) is 24.5. The summed E-state index contributed by atoms with van der Waals surface area (Å²) in [7, 11) is 0. The fourth-order valence-corrected chi connectivity index (χ4v) is 11.1. The van der Waals surface area contributed by atoms with Crippen LogP contribution in [0, 0.1) is 0 Å². The minimum Gasteiger partial charge on any atom is -0.462 e. The molecule has 0 aromatic heterocycles. The predicted molar refractivity (Wildman–Crippen MR) is 344 cm³/mol. The summed E-state index contributed by atoms with van der Waals surface area (Å²) in [5.74, 6) is -0.838. The van der Waals surface area contributed by atoms with Crippen LogP contribution in [0.15, 0.2) is 24.3 Å². The summed E-state index contributed by atoms with van der Waals surface area (Å²) < 4.78 is 16.9. The van der Waals surface area contributed by atoms with Crippen molar-refractivity contribution in [2.24, 2.45) is 0 Å². The van der Waals surface area contributed by atoms with Gasteiger partial charge in [-0.15, -0.1) is 0 Å². The van der Waals surface area contributed by atoms with E-state index in [0.29, 0.717) is 19.3 Å². The molecule has 1 unspecified atom stereocenters. The number of allylic oxidation sites excluding steroid dienone is 4. The molecule has 0 aromatic rings. The third-order valence-corrected chi connectivity index (χ3v) is 16.5. The average Bonchev–Trinajstić information content (AvgIpc) is 3.45. The van der Waals surface area contributed by atoms with Gasteiger partial charge in [0, 0.05) is 19.3 Å². The van der Waals surface area contributed by atoms with E-state index in [4.69, 9.17) is 14.2 Å². The van der Waals surface area contributed by atoms with E-state index in [2.05, 4.69) is 45.1 Å². The highest BCUT2D eigenvalue weighted by Crippen LogP contribution is 2.19. The Morgan fingerprint density at radius 3 is 0.696 bits per heavy atom. The Labute approximate surface area is 493 Å². The first-order valence-electron chi connectivity index (χ1n) is 35.8. The van der Waals surface area contributed by atoms with Crippen LogP contribution in [0.2, 0.25) is 0 Å². The molecule has 466 valence electrons. The zero-order chi connectivity index (χ0) is 57.1. The van der Waals surface area contributed by atoms with Crippen molar-refractivity contribution in [1.82, 2.24) is 0 Å². The Hall–Kier alpha value is -2.11. The summed E-state index contributed by atoms with van der Waals surface area (Å²) in [6.07, 6.45) is 83.8. The Kier molecular flexibility index (Phi) is 66.6. The standard InChI is InChI=1S/C73H138O6/c1-4-7-10-13-16-19-21-23-25-27-29-31-33-35-37-39-40-42-44-46-48-50-52-54-57-60-63-66-72(75)78-69-70(68-77-71(74)65-62-59-56-18-15-12-9-6-3)79-73(76)67-64-61-58-55-53-51-49-47-45-43-41-38-36-34-32-30-28-26-24-22-20-17-14-11-8-5-2/h21,23,27,29,70H,4-20,22,24-26,28,30-69H2,1-3H3/b23-21-,29-27-. The van der Waals surface area contributed by atoms with E-state index >= 15 is 0 Å². The van der Waals surface area contributed by atoms with Gasteiger partial charge in [0.2, 0.25) is 0 Å². The smallest absolute Gasteiger partial charge is 0.306 e. The second kappa shape index (κ2) is 68.4. The zero-order valence-electron chi connectivity index (χ0n) is 53.7. The minimum absolute atomic E-state index is 0.0647. The third kappa shape index (κ3) is 66.6. The third-order valence-electron chi connectivity index (χ3n) is 16.5. The number of hydrogen-bond donors (Lipinski definition) is 0. The molecule has 0 spiro atoms. The average molecular weight is 1110 g/mol. The van der Waals surface area contributed by atoms with Crippen molar-refractivity contribution >= 4 is 17.9 Å². The van der Waals surface area contributed by atoms with Crippen molar-refractivity contribution in [3.63, 3.8) is 0 Å². The Morgan fingerprint density at radius 1 is 0.253 bits per heavy atom. The minimum atomic E-state index is -0.766. The van der Waals surface area contributed by atoms with Gasteiger partial charge in [0.05, 0.1) is 0 Å². The molecule has 6 nitrogen and oxygen atoms in total. The summed E-state index contributed by atoms with van der Waals surface area (Å²) in [4.78, 5) is 38.2. The molecule has 1 atom stereocenters. The lowest BCUT2D eigenvalue weighted by Crippen LogP contribution is -2.30. The summed E-state index contributed by atoms with van der Waals surface area (Å²) in [6, 6.07) is 0. The number of hydrogen-bond acceptors (Lipinski definition) is 6. The van der Waals surface area contributed by atoms with Gasteiger partial charge < -0.3 is 14.2 Å². The van der Waals surface area contributed by atoms with E-state index < -0.39 is 6.10 Å². The molecule has 0 rings (SSSR count). The van der Waals surface area contributed by atoms with Gasteiger partial charge in [0.25, 0.3) is 0 Å². The van der Waals surface area contributed by atoms with Gasteiger partial charge in [-0.3, -0.25) is 14.4 Å². The van der Waals surface area contributed by atoms with Gasteiger partial charge in [-0.2, -0.15) is 0 Å². The molecule has 0 aliphatic heterocycles. The van der Waals surface area contributed by atoms with Crippen LogP contribution in [0.4, 0.5) is 0 Å². The van der Waals surface area contributed by atoms with Crippen LogP contribution in [0.3, 0.4) is 0 Å². The zero-order valence-corrected chi connectivity index (χ0v) is 53.7. The highest BCUT2D eigenvalue weighted by atomic mass is 16.6. The predicted octanol–water partition coefficient (Wildman–Crippen LogP) is 24.6. The van der Waals surface area contributed by atoms with E-state index in [1.807, 2.05) is 0 Å². The van der Waals surface area contributed by atoms with E-state index in [-0.39, 0.29) is 31.1 Å². The maximum Gasteiger partial charge on any atom is 0.306 e. The molecular formula is C73H138O6. The van der Waals surface area contributed by atoms with Crippen LogP contribution in [0.1, 0.15) is 406 Å². The Morgan fingerprint density at radius 2 is 0.456 bits per heavy atom. The van der Waals surface area contributed by atoms with Crippen LogP contribution >= 0.6 is 0 Å². The molecule has 0 amide bonds. The van der Waals surface area contributed by atoms with Crippen molar-refractivity contribution in [2.45, 2.75) is 412 Å². The molecule has 0 aromatic carbocycles. The fourth-order valence-electron chi connectivity index (χ4n) is 11.1. The van der Waals surface area contributed by atoms with Gasteiger partial charge in [-0.1, -0.05) is 360 Å². The largest absolute Gasteiger partial charge is 0.462 e. The fraction of sp³-hybridized carbons (Fsp3) is 0.904. The number of rotatable bonds is 67. The molecule has 6 heteroatoms. The first kappa shape index (κ1) is 76.9. The molecular weight excluding hydrogens is 973 g/mol. The molecule has 0 fully saturated rings. The van der Waals surface area contributed by atoms with Crippen LogP contribution in [0.25, 0.3) is 0 Å². The molecule has 0 heterocycles. The van der Waals surface area contributed by atoms with Crippen molar-refractivity contribution in [3.05, 3.63) is 24.3 Å². The molecule has 0 saturated carbocycles. The van der Waals surface area contributed by atoms with Crippen molar-refractivity contribution in [1.29, 1.82) is 0 Å². The maximum absolute atomic E-state index is 12.9. The monoisotopic (exact) mass is 1110 g/mol. The SMILES string of the molecule is CCCCCCC/C=C\C/C=C\CCCCCCCCCCCCCCCCCC(=O)OCC(COC(=O)CCCCCCCCCC)OC(=O)CCCCCCCCCCCCCCCCCCCCCCCCCCCC. The number of esters is 3. The van der Waals surface area contributed by atoms with Gasteiger partial charge in [0.1, 0.15) is 13.2 Å². The van der Waals surface area contributed by atoms with Crippen molar-refractivity contribution < 1.29 is 28.6 Å². The van der Waals surface area contributed by atoms with E-state index in [9.17, 15) is 14.4 Å². The summed E-state index contributed by atoms with van der Waals surface area (Å²) >= 11 is 0. The molecule has 0 N–H and O–H groups in total. The maximum atomic E-state index is 12.9. The number of carbonyl (C=O) groups is 3. The van der Waals surface area contributed by atoms with E-state index in [1.54, 1.807) is 0 Å². The van der Waals surface area contributed by atoms with Crippen LogP contribution in [-0.4, -0.2) is 37.2 Å². The van der Waals surface area contributed by atoms with E-state index in [1.165, 1.54) is 302 Å². The molecule has 0 radical (unpaired) electrons. The van der Waals surface area contributed by atoms with Gasteiger partial charge >= 0.3 is 17.9 Å². The second-order valence-corrected chi connectivity index (χ2v) is 24.5. The van der Waals surface area contributed by atoms with Gasteiger partial charge in [-0.25, -0.2) is 0 Å². The van der Waals surface area contributed by atoms with Gasteiger partial charge in [0.15, 0.2) is 6.10 Å². The lowest BCUT2D eigenvalue weighted by Gasteiger charge is -2.18. The first-order valence-corrected chi connectivity index (χ1v) is 35.8. The van der Waals surface area contributed by atoms with Crippen LogP contribution in [0.5, 0.6) is 0 Å². The summed E-state index contributed by atoms with van der Waals surface area (Å²) in [5, 5.41) is 0. The number of ether oxygens (including phenoxy) is 3. The number of carbonyl (C=O) groups excluding carboxylic acids is 3. The van der Waals surface area contributed by atoms with Crippen LogP contribution in [-0.2, 0) is 28.6 Å². The Bertz CT molecular complexity index is 1270. The van der Waals surface area contributed by atoms with Gasteiger partial charge in [-0.05, 0) is 51.4 Å². The highest BCUT2D eigenvalue weighted by molar-refractivity contribution is 5.71. The lowest BCUT2D eigenvalue weighted by atomic mass is 10.0. The molecule has 0 saturated heterocycles. The highest BCUT2D eigenvalue weighted by Gasteiger charge is 2.19. The van der Waals surface area contributed by atoms with E-state index in [0.717, 1.165) is 64.2 Å². The lowest BCUT2D eigenvalue weighted by molar-refractivity contribution is -0.167. The quantitative estimate of drug-likeness (QED) is 0.0261. The molecule has 0 aliphatic rings. The summed E-state index contributed by atoms with van der Waals surface area (Å²) in [6.45, 7) is 6.68. The molecule has 79 heavy (non-hydrogen) atoms. The molecule has 0 bridgehead atoms. The van der Waals surface area contributed by atoms with Crippen molar-refractivity contribution in [2.75, 3.05) is 13.2 Å². The Balaban J connectivity index is 4.05. The van der Waals surface area contributed by atoms with Crippen LogP contribution < -0.4 is 0 Å². The topological polar surface area (TPSA) is 78.9 Å². The van der Waals surface area contributed by atoms with Crippen molar-refractivity contribution in [3.8, 4) is 0 Å². The normalized spacial score (nSPS) is 12.1. The molecule has 0 aliphatic carbocycles.